The van der Waals surface area contributed by atoms with Crippen LogP contribution in [-0.4, -0.2) is 49.5 Å². The Kier molecular flexibility index (Phi) is 12.9. The normalized spacial score (nSPS) is 13.2. The maximum Gasteiger partial charge on any atom is 0.192 e. The minimum absolute atomic E-state index is 0.00968. The number of anilines is 1. The van der Waals surface area contributed by atoms with E-state index in [0.29, 0.717) is 42.9 Å². The largest absolute Gasteiger partial charge is 0.504 e. The Morgan fingerprint density at radius 2 is 1.82 bits per heavy atom. The molecule has 0 bridgehead atoms. The third-order valence-electron chi connectivity index (χ3n) is 6.77. The van der Waals surface area contributed by atoms with E-state index in [4.69, 9.17) is 15.2 Å². The van der Waals surface area contributed by atoms with Gasteiger partial charge in [0, 0.05) is 19.9 Å². The van der Waals surface area contributed by atoms with Gasteiger partial charge in [0.1, 0.15) is 6.29 Å². The fourth-order valence-electron chi connectivity index (χ4n) is 4.34. The number of phenolic OH excluding ortho intramolecular Hbond substituents is 2. The lowest BCUT2D eigenvalue weighted by Gasteiger charge is -2.19. The minimum Gasteiger partial charge on any atom is -0.504 e. The van der Waals surface area contributed by atoms with E-state index < -0.39 is 0 Å². The predicted octanol–water partition coefficient (Wildman–Crippen LogP) is 4.78. The maximum absolute atomic E-state index is 12.7. The van der Waals surface area contributed by atoms with Crippen LogP contribution in [0.1, 0.15) is 50.2 Å². The molecule has 9 heteroatoms. The second-order valence-electron chi connectivity index (χ2n) is 9.48. The zero-order chi connectivity index (χ0) is 28.8. The lowest BCUT2D eigenvalue weighted by molar-refractivity contribution is -0.114. The number of rotatable bonds is 16. The highest BCUT2D eigenvalue weighted by atomic mass is 16.5. The van der Waals surface area contributed by atoms with Gasteiger partial charge in [-0.15, -0.1) is 0 Å². The number of aryl methyl sites for hydroxylation is 1. The van der Waals surface area contributed by atoms with E-state index in [-0.39, 0.29) is 35.1 Å². The molecule has 0 saturated heterocycles. The number of phenols is 2. The van der Waals surface area contributed by atoms with Crippen LogP contribution >= 0.6 is 0 Å². The summed E-state index contributed by atoms with van der Waals surface area (Å²) in [5.41, 5.74) is 7.97. The highest BCUT2D eigenvalue weighted by Gasteiger charge is 2.16. The molecule has 5 N–H and O–H groups in total. The molecule has 0 radical (unpaired) electrons. The van der Waals surface area contributed by atoms with E-state index in [9.17, 15) is 19.8 Å². The van der Waals surface area contributed by atoms with Crippen LogP contribution in [0.4, 0.5) is 5.69 Å². The number of nitrogens with zero attached hydrogens (tertiary/aromatic N) is 1. The monoisotopic (exact) mass is 539 g/mol. The van der Waals surface area contributed by atoms with Crippen molar-refractivity contribution in [1.82, 2.24) is 0 Å². The van der Waals surface area contributed by atoms with Crippen molar-refractivity contribution in [2.24, 2.45) is 22.6 Å². The SMILES string of the molecule is CCC(CC=O)CCC(C=CC(=O)CCc1ccc(O)c(OC)c1)Cc1cc(NC(N)=NC)c(O)c(OC)c1. The molecule has 0 aromatic heterocycles. The summed E-state index contributed by atoms with van der Waals surface area (Å²) in [4.78, 5) is 27.7. The Bertz CT molecular complexity index is 1160. The molecule has 39 heavy (non-hydrogen) atoms. The molecule has 2 unspecified atom stereocenters. The van der Waals surface area contributed by atoms with Gasteiger partial charge in [-0.3, -0.25) is 9.79 Å². The van der Waals surface area contributed by atoms with Crippen molar-refractivity contribution in [2.75, 3.05) is 26.6 Å². The first-order chi connectivity index (χ1) is 18.7. The lowest BCUT2D eigenvalue weighted by Crippen LogP contribution is -2.22. The summed E-state index contributed by atoms with van der Waals surface area (Å²) in [7, 11) is 4.50. The van der Waals surface area contributed by atoms with Crippen molar-refractivity contribution in [3.8, 4) is 23.0 Å². The molecule has 0 saturated carbocycles. The average molecular weight is 540 g/mol. The van der Waals surface area contributed by atoms with E-state index in [0.717, 1.165) is 36.7 Å². The summed E-state index contributed by atoms with van der Waals surface area (Å²) in [6.45, 7) is 2.07. The number of guanidine groups is 1. The van der Waals surface area contributed by atoms with E-state index in [2.05, 4.69) is 17.2 Å². The number of aliphatic imine (C=N–C) groups is 1. The van der Waals surface area contributed by atoms with Gasteiger partial charge in [-0.25, -0.2) is 0 Å². The third kappa shape index (κ3) is 10.00. The number of hydrogen-bond donors (Lipinski definition) is 4. The molecule has 2 rings (SSSR count). The zero-order valence-electron chi connectivity index (χ0n) is 23.3. The van der Waals surface area contributed by atoms with E-state index >= 15 is 0 Å². The molecule has 0 aliphatic heterocycles. The van der Waals surface area contributed by atoms with Crippen LogP contribution in [0.25, 0.3) is 0 Å². The average Bonchev–Trinajstić information content (AvgIpc) is 2.94. The molecule has 2 aromatic carbocycles. The lowest BCUT2D eigenvalue weighted by atomic mass is 9.88. The molecular formula is C30H41N3O6. The molecule has 0 amide bonds. The van der Waals surface area contributed by atoms with Crippen molar-refractivity contribution in [1.29, 1.82) is 0 Å². The van der Waals surface area contributed by atoms with E-state index in [1.54, 1.807) is 43.5 Å². The number of nitrogens with two attached hydrogens (primary N) is 1. The van der Waals surface area contributed by atoms with Gasteiger partial charge in [-0.1, -0.05) is 25.5 Å². The van der Waals surface area contributed by atoms with Gasteiger partial charge in [0.2, 0.25) is 0 Å². The Morgan fingerprint density at radius 3 is 2.46 bits per heavy atom. The molecule has 212 valence electrons. The van der Waals surface area contributed by atoms with E-state index in [1.165, 1.54) is 14.2 Å². The summed E-state index contributed by atoms with van der Waals surface area (Å²) in [5, 5.41) is 23.2. The van der Waals surface area contributed by atoms with Gasteiger partial charge in [0.25, 0.3) is 0 Å². The summed E-state index contributed by atoms with van der Waals surface area (Å²) >= 11 is 0. The molecule has 0 spiro atoms. The molecular weight excluding hydrogens is 498 g/mol. The zero-order valence-corrected chi connectivity index (χ0v) is 23.3. The maximum atomic E-state index is 12.7. The first-order valence-electron chi connectivity index (χ1n) is 13.1. The fraction of sp³-hybridized carbons (Fsp3) is 0.433. The Hall–Kier alpha value is -4.01. The number of aromatic hydroxyl groups is 2. The number of benzene rings is 2. The number of carbonyl (C=O) groups excluding carboxylic acids is 2. The number of aldehydes is 1. The topological polar surface area (TPSA) is 143 Å². The van der Waals surface area contributed by atoms with Crippen molar-refractivity contribution >= 4 is 23.7 Å². The smallest absolute Gasteiger partial charge is 0.192 e. The third-order valence-corrected chi connectivity index (χ3v) is 6.77. The van der Waals surface area contributed by atoms with Crippen LogP contribution < -0.4 is 20.5 Å². The molecule has 2 atom stereocenters. The van der Waals surface area contributed by atoms with Crippen LogP contribution in [-0.2, 0) is 22.4 Å². The molecule has 9 nitrogen and oxygen atoms in total. The van der Waals surface area contributed by atoms with Crippen LogP contribution in [0, 0.1) is 11.8 Å². The Balaban J connectivity index is 2.21. The Labute approximate surface area is 230 Å². The molecule has 0 heterocycles. The fourth-order valence-corrected chi connectivity index (χ4v) is 4.34. The number of methoxy groups -OCH3 is 2. The summed E-state index contributed by atoms with van der Waals surface area (Å²) in [6.07, 6.45) is 9.00. The van der Waals surface area contributed by atoms with Gasteiger partial charge in [0.15, 0.2) is 34.7 Å². The summed E-state index contributed by atoms with van der Waals surface area (Å²) in [5.74, 6) is 1.11. The number of ketones is 1. The van der Waals surface area contributed by atoms with Gasteiger partial charge >= 0.3 is 0 Å². The van der Waals surface area contributed by atoms with Crippen LogP contribution in [0.2, 0.25) is 0 Å². The van der Waals surface area contributed by atoms with Crippen molar-refractivity contribution < 1.29 is 29.3 Å². The highest BCUT2D eigenvalue weighted by molar-refractivity contribution is 5.94. The first-order valence-corrected chi connectivity index (χ1v) is 13.1. The highest BCUT2D eigenvalue weighted by Crippen LogP contribution is 2.37. The second-order valence-corrected chi connectivity index (χ2v) is 9.48. The van der Waals surface area contributed by atoms with Crippen molar-refractivity contribution in [3.63, 3.8) is 0 Å². The first kappa shape index (κ1) is 31.2. The number of hydrogen-bond acceptors (Lipinski definition) is 7. The van der Waals surface area contributed by atoms with Gasteiger partial charge in [-0.05, 0) is 79.0 Å². The van der Waals surface area contributed by atoms with E-state index in [1.807, 2.05) is 6.08 Å². The molecule has 0 fully saturated rings. The van der Waals surface area contributed by atoms with Gasteiger partial charge < -0.3 is 35.5 Å². The second kappa shape index (κ2) is 16.1. The number of nitrogens with one attached hydrogen (secondary N) is 1. The van der Waals surface area contributed by atoms with Crippen molar-refractivity contribution in [2.45, 2.75) is 51.9 Å². The number of allylic oxidation sites excluding steroid dienone is 2. The van der Waals surface area contributed by atoms with Gasteiger partial charge in [0.05, 0.1) is 19.9 Å². The summed E-state index contributed by atoms with van der Waals surface area (Å²) in [6, 6.07) is 8.62. The molecule has 2 aromatic rings. The van der Waals surface area contributed by atoms with Crippen LogP contribution in [0.3, 0.4) is 0 Å². The minimum atomic E-state index is -0.0713. The Morgan fingerprint density at radius 1 is 1.10 bits per heavy atom. The quantitative estimate of drug-likeness (QED) is 0.0784. The number of ether oxygens (including phenoxy) is 2. The van der Waals surface area contributed by atoms with Crippen LogP contribution in [0.15, 0.2) is 47.5 Å². The standard InChI is InChI=1S/C30H41N3O6/c1-5-20(14-15-34)6-7-21(8-11-24(35)12-9-22-10-13-26(36)27(18-22)38-3)16-23-17-25(33-30(31)32-2)29(37)28(19-23)39-4/h8,10-11,13,15,17-21,36-37H,5-7,9,12,14,16H2,1-4H3,(H3,31,32,33). The molecule has 0 aliphatic rings. The van der Waals surface area contributed by atoms with Crippen LogP contribution in [0.5, 0.6) is 23.0 Å². The number of carbonyl (C=O) groups is 2. The molecule has 0 aliphatic carbocycles. The van der Waals surface area contributed by atoms with Gasteiger partial charge in [-0.2, -0.15) is 0 Å². The predicted molar refractivity (Wildman–Crippen MR) is 154 cm³/mol. The summed E-state index contributed by atoms with van der Waals surface area (Å²) < 4.78 is 10.5. The van der Waals surface area contributed by atoms with Crippen molar-refractivity contribution in [3.05, 3.63) is 53.6 Å².